The van der Waals surface area contributed by atoms with E-state index >= 15 is 0 Å². The van der Waals surface area contributed by atoms with Crippen LogP contribution >= 0.6 is 12.4 Å². The molecule has 24 heavy (non-hydrogen) atoms. The number of methoxy groups -OCH3 is 3. The molecule has 1 N–H and O–H groups in total. The number of hydrogen-bond donors (Lipinski definition) is 1. The van der Waals surface area contributed by atoms with E-state index in [2.05, 4.69) is 5.32 Å². The number of rotatable bonds is 5. The molecule has 9 heteroatoms. The zero-order chi connectivity index (χ0) is 17.0. The molecule has 1 fully saturated rings. The number of alkyl halides is 3. The third-order valence-corrected chi connectivity index (χ3v) is 3.85. The first-order chi connectivity index (χ1) is 10.9. The zero-order valence-corrected chi connectivity index (χ0v) is 14.6. The zero-order valence-electron chi connectivity index (χ0n) is 13.8. The van der Waals surface area contributed by atoms with Gasteiger partial charge in [0.25, 0.3) is 0 Å². The fourth-order valence-corrected chi connectivity index (χ4v) is 2.80. The van der Waals surface area contributed by atoms with E-state index in [1.807, 2.05) is 0 Å². The fourth-order valence-electron chi connectivity index (χ4n) is 2.80. The molecule has 1 aromatic rings. The maximum atomic E-state index is 13.8. The summed E-state index contributed by atoms with van der Waals surface area (Å²) in [7, 11) is 4.11. The molecule has 0 amide bonds. The SMILES string of the molecule is COc1cc(OC)c([C@H](N2CCNCC2)C(F)(F)F)c(OC)c1.Cl. The second-order valence-electron chi connectivity index (χ2n) is 5.18. The summed E-state index contributed by atoms with van der Waals surface area (Å²) >= 11 is 0. The molecule has 0 bridgehead atoms. The lowest BCUT2D eigenvalue weighted by Gasteiger charge is -2.37. The minimum atomic E-state index is -4.45. The van der Waals surface area contributed by atoms with Gasteiger partial charge in [-0.3, -0.25) is 4.90 Å². The number of ether oxygens (including phenoxy) is 3. The van der Waals surface area contributed by atoms with Crippen LogP contribution in [0.4, 0.5) is 13.2 Å². The summed E-state index contributed by atoms with van der Waals surface area (Å²) < 4.78 is 56.9. The van der Waals surface area contributed by atoms with Gasteiger partial charge in [-0.25, -0.2) is 0 Å². The minimum Gasteiger partial charge on any atom is -0.496 e. The maximum absolute atomic E-state index is 13.8. The van der Waals surface area contributed by atoms with E-state index in [1.165, 1.54) is 38.4 Å². The Labute approximate surface area is 145 Å². The van der Waals surface area contributed by atoms with Gasteiger partial charge in [0.1, 0.15) is 23.3 Å². The summed E-state index contributed by atoms with van der Waals surface area (Å²) in [5.74, 6) is 0.577. The van der Waals surface area contributed by atoms with Crippen molar-refractivity contribution in [1.29, 1.82) is 0 Å². The van der Waals surface area contributed by atoms with Gasteiger partial charge in [0, 0.05) is 38.3 Å². The summed E-state index contributed by atoms with van der Waals surface area (Å²) in [4.78, 5) is 1.39. The first-order valence-electron chi connectivity index (χ1n) is 7.23. The van der Waals surface area contributed by atoms with Gasteiger partial charge < -0.3 is 19.5 Å². The topological polar surface area (TPSA) is 43.0 Å². The van der Waals surface area contributed by atoms with Crippen molar-refractivity contribution in [3.63, 3.8) is 0 Å². The third-order valence-electron chi connectivity index (χ3n) is 3.85. The molecule has 1 aliphatic heterocycles. The van der Waals surface area contributed by atoms with E-state index in [9.17, 15) is 13.2 Å². The van der Waals surface area contributed by atoms with E-state index in [0.717, 1.165) is 0 Å². The van der Waals surface area contributed by atoms with Crippen LogP contribution in [-0.2, 0) is 0 Å². The second kappa shape index (κ2) is 8.64. The highest BCUT2D eigenvalue weighted by atomic mass is 35.5. The molecule has 1 atom stereocenters. The van der Waals surface area contributed by atoms with Gasteiger partial charge in [0.2, 0.25) is 0 Å². The van der Waals surface area contributed by atoms with Crippen LogP contribution < -0.4 is 19.5 Å². The van der Waals surface area contributed by atoms with Crippen LogP contribution in [0.3, 0.4) is 0 Å². The second-order valence-corrected chi connectivity index (χ2v) is 5.18. The summed E-state index contributed by atoms with van der Waals surface area (Å²) in [6, 6.07) is 1.10. The molecular weight excluding hydrogens is 349 g/mol. The highest BCUT2D eigenvalue weighted by Gasteiger charge is 2.48. The lowest BCUT2D eigenvalue weighted by atomic mass is 10.0. The molecule has 0 unspecified atom stereocenters. The molecule has 5 nitrogen and oxygen atoms in total. The van der Waals surface area contributed by atoms with Gasteiger partial charge >= 0.3 is 6.18 Å². The van der Waals surface area contributed by atoms with Crippen molar-refractivity contribution < 1.29 is 27.4 Å². The van der Waals surface area contributed by atoms with E-state index in [1.54, 1.807) is 0 Å². The Morgan fingerprint density at radius 1 is 1.00 bits per heavy atom. The Morgan fingerprint density at radius 3 is 1.88 bits per heavy atom. The first kappa shape index (κ1) is 20.7. The lowest BCUT2D eigenvalue weighted by Crippen LogP contribution is -2.49. The number of nitrogens with one attached hydrogen (secondary N) is 1. The van der Waals surface area contributed by atoms with Crippen LogP contribution in [0.2, 0.25) is 0 Å². The van der Waals surface area contributed by atoms with Crippen LogP contribution in [0.5, 0.6) is 17.2 Å². The van der Waals surface area contributed by atoms with E-state index < -0.39 is 12.2 Å². The molecule has 0 aromatic heterocycles. The summed E-state index contributed by atoms with van der Waals surface area (Å²) in [6.45, 7) is 1.60. The molecular formula is C15H22ClF3N2O3. The summed E-state index contributed by atoms with van der Waals surface area (Å²) in [6.07, 6.45) is -4.45. The smallest absolute Gasteiger partial charge is 0.408 e. The van der Waals surface area contributed by atoms with Gasteiger partial charge in [0.05, 0.1) is 26.9 Å². The molecule has 0 saturated carbocycles. The van der Waals surface area contributed by atoms with Gasteiger partial charge in [0.15, 0.2) is 0 Å². The molecule has 0 radical (unpaired) electrons. The Kier molecular flexibility index (Phi) is 7.44. The van der Waals surface area contributed by atoms with Gasteiger partial charge in [-0.2, -0.15) is 13.2 Å². The van der Waals surface area contributed by atoms with Gasteiger partial charge in [-0.1, -0.05) is 0 Å². The van der Waals surface area contributed by atoms with Crippen LogP contribution in [0.25, 0.3) is 0 Å². The van der Waals surface area contributed by atoms with Crippen molar-refractivity contribution in [3.05, 3.63) is 17.7 Å². The number of piperazine rings is 1. The Hall–Kier alpha value is -1.38. The lowest BCUT2D eigenvalue weighted by molar-refractivity contribution is -0.188. The standard InChI is InChI=1S/C15H21F3N2O3.ClH/c1-21-10-8-11(22-2)13(12(9-10)23-3)14(15(16,17)18)20-6-4-19-5-7-20;/h8-9,14,19H,4-7H2,1-3H3;1H/t14-;/m0./s1. The Bertz CT molecular complexity index is 512. The molecule has 2 rings (SSSR count). The number of nitrogens with zero attached hydrogens (tertiary/aromatic N) is 1. The average Bonchev–Trinajstić information content (AvgIpc) is 2.54. The molecule has 0 spiro atoms. The summed E-state index contributed by atoms with van der Waals surface area (Å²) in [5.41, 5.74) is -0.0230. The number of hydrogen-bond acceptors (Lipinski definition) is 5. The molecule has 1 aromatic carbocycles. The van der Waals surface area contributed by atoms with Crippen molar-refractivity contribution in [2.75, 3.05) is 47.5 Å². The molecule has 1 aliphatic rings. The van der Waals surface area contributed by atoms with Crippen LogP contribution in [0, 0.1) is 0 Å². The number of halogens is 4. The van der Waals surface area contributed by atoms with E-state index in [-0.39, 0.29) is 29.5 Å². The normalized spacial score (nSPS) is 16.9. The molecule has 138 valence electrons. The van der Waals surface area contributed by atoms with E-state index in [4.69, 9.17) is 14.2 Å². The Morgan fingerprint density at radius 2 is 1.50 bits per heavy atom. The van der Waals surface area contributed by atoms with Crippen molar-refractivity contribution in [3.8, 4) is 17.2 Å². The summed E-state index contributed by atoms with van der Waals surface area (Å²) in [5, 5.41) is 3.06. The maximum Gasteiger partial charge on any atom is 0.408 e. The minimum absolute atomic E-state index is 0. The van der Waals surface area contributed by atoms with Crippen LogP contribution in [-0.4, -0.2) is 58.6 Å². The predicted octanol–water partition coefficient (Wildman–Crippen LogP) is 2.64. The first-order valence-corrected chi connectivity index (χ1v) is 7.23. The monoisotopic (exact) mass is 370 g/mol. The molecule has 1 heterocycles. The highest BCUT2D eigenvalue weighted by Crippen LogP contribution is 2.47. The van der Waals surface area contributed by atoms with Gasteiger partial charge in [-0.15, -0.1) is 12.4 Å². The highest BCUT2D eigenvalue weighted by molar-refractivity contribution is 5.85. The Balaban J connectivity index is 0.00000288. The van der Waals surface area contributed by atoms with Crippen molar-refractivity contribution >= 4 is 12.4 Å². The van der Waals surface area contributed by atoms with Crippen LogP contribution in [0.15, 0.2) is 12.1 Å². The molecule has 0 aliphatic carbocycles. The average molecular weight is 371 g/mol. The fraction of sp³-hybridized carbons (Fsp3) is 0.600. The predicted molar refractivity (Wildman–Crippen MR) is 86.6 cm³/mol. The quantitative estimate of drug-likeness (QED) is 0.863. The third kappa shape index (κ3) is 4.37. The van der Waals surface area contributed by atoms with Crippen molar-refractivity contribution in [2.45, 2.75) is 12.2 Å². The van der Waals surface area contributed by atoms with Crippen LogP contribution in [0.1, 0.15) is 11.6 Å². The number of benzene rings is 1. The largest absolute Gasteiger partial charge is 0.496 e. The van der Waals surface area contributed by atoms with Crippen molar-refractivity contribution in [2.24, 2.45) is 0 Å². The molecule has 1 saturated heterocycles. The van der Waals surface area contributed by atoms with E-state index in [0.29, 0.717) is 31.9 Å². The van der Waals surface area contributed by atoms with Crippen molar-refractivity contribution in [1.82, 2.24) is 10.2 Å². The van der Waals surface area contributed by atoms with Gasteiger partial charge in [-0.05, 0) is 0 Å².